The molecule has 0 aliphatic carbocycles. The van der Waals surface area contributed by atoms with Crippen LogP contribution in [-0.2, 0) is 6.42 Å². The van der Waals surface area contributed by atoms with Gasteiger partial charge in [-0.05, 0) is 34.2 Å². The molecule has 0 nitrogen and oxygen atoms in total. The first-order valence-corrected chi connectivity index (χ1v) is 7.63. The molecular weight excluding hydrogens is 252 g/mol. The lowest BCUT2D eigenvalue weighted by Crippen LogP contribution is -1.91. The predicted molar refractivity (Wildman–Crippen MR) is 91.3 cm³/mol. The maximum absolute atomic E-state index is 2.25. The van der Waals surface area contributed by atoms with Gasteiger partial charge in [0.05, 0.1) is 0 Å². The lowest BCUT2D eigenvalue weighted by molar-refractivity contribution is 0.924. The van der Waals surface area contributed by atoms with Gasteiger partial charge < -0.3 is 0 Å². The van der Waals surface area contributed by atoms with Gasteiger partial charge in [0, 0.05) is 0 Å². The van der Waals surface area contributed by atoms with Crippen molar-refractivity contribution in [2.45, 2.75) is 19.8 Å². The second-order valence-electron chi connectivity index (χ2n) is 5.32. The molecule has 0 aromatic heterocycles. The van der Waals surface area contributed by atoms with E-state index < -0.39 is 0 Å². The van der Waals surface area contributed by atoms with E-state index in [0.717, 1.165) is 6.42 Å². The number of aryl methyl sites for hydroxylation is 1. The smallest absolute Gasteiger partial charge is 0.0103 e. The maximum atomic E-state index is 2.25. The van der Waals surface area contributed by atoms with E-state index in [0.29, 0.717) is 0 Å². The Morgan fingerprint density at radius 1 is 0.571 bits per heavy atom. The highest BCUT2D eigenvalue weighted by atomic mass is 14.1. The zero-order valence-electron chi connectivity index (χ0n) is 12.4. The van der Waals surface area contributed by atoms with Gasteiger partial charge in [-0.15, -0.1) is 0 Å². The van der Waals surface area contributed by atoms with E-state index >= 15 is 0 Å². The lowest BCUT2D eigenvalue weighted by Gasteiger charge is -2.14. The Kier molecular flexibility index (Phi) is 4.16. The number of hydrogen-bond donors (Lipinski definition) is 0. The van der Waals surface area contributed by atoms with Crippen molar-refractivity contribution in [3.63, 3.8) is 0 Å². The summed E-state index contributed by atoms with van der Waals surface area (Å²) in [4.78, 5) is 0. The average molecular weight is 272 g/mol. The van der Waals surface area contributed by atoms with Crippen LogP contribution in [-0.4, -0.2) is 0 Å². The minimum atomic E-state index is 1.12. The second kappa shape index (κ2) is 6.41. The molecule has 3 rings (SSSR count). The van der Waals surface area contributed by atoms with Gasteiger partial charge in [-0.25, -0.2) is 0 Å². The molecule has 0 saturated carbocycles. The topological polar surface area (TPSA) is 0 Å². The van der Waals surface area contributed by atoms with Crippen LogP contribution in [0.25, 0.3) is 22.3 Å². The Bertz CT molecular complexity index is 711. The van der Waals surface area contributed by atoms with Gasteiger partial charge in [0.15, 0.2) is 0 Å². The molecule has 0 spiro atoms. The first-order valence-electron chi connectivity index (χ1n) is 7.63. The van der Waals surface area contributed by atoms with Gasteiger partial charge >= 0.3 is 0 Å². The van der Waals surface area contributed by atoms with Crippen LogP contribution >= 0.6 is 0 Å². The summed E-state index contributed by atoms with van der Waals surface area (Å²) in [6.07, 6.45) is 2.30. The first kappa shape index (κ1) is 13.6. The van der Waals surface area contributed by atoms with Crippen LogP contribution in [0.1, 0.15) is 18.9 Å². The van der Waals surface area contributed by atoms with Crippen molar-refractivity contribution in [2.75, 3.05) is 0 Å². The number of benzene rings is 3. The van der Waals surface area contributed by atoms with Crippen LogP contribution < -0.4 is 0 Å². The highest BCUT2D eigenvalue weighted by molar-refractivity contribution is 5.84. The molecule has 104 valence electrons. The first-order chi connectivity index (χ1) is 10.4. The third-order valence-electron chi connectivity index (χ3n) is 3.84. The van der Waals surface area contributed by atoms with Gasteiger partial charge in [0.1, 0.15) is 0 Å². The van der Waals surface area contributed by atoms with E-state index in [9.17, 15) is 0 Å². The molecule has 0 saturated heterocycles. The fourth-order valence-corrected chi connectivity index (χ4v) is 2.86. The molecule has 0 unspecified atom stereocenters. The van der Waals surface area contributed by atoms with Gasteiger partial charge in [-0.1, -0.05) is 92.2 Å². The zero-order chi connectivity index (χ0) is 14.5. The Labute approximate surface area is 127 Å². The molecular formula is C21H20. The van der Waals surface area contributed by atoms with Crippen LogP contribution in [0.2, 0.25) is 0 Å². The van der Waals surface area contributed by atoms with E-state index in [4.69, 9.17) is 0 Å². The molecule has 21 heavy (non-hydrogen) atoms. The van der Waals surface area contributed by atoms with Crippen molar-refractivity contribution in [1.82, 2.24) is 0 Å². The molecule has 0 heterocycles. The largest absolute Gasteiger partial charge is 0.0651 e. The minimum absolute atomic E-state index is 1.12. The lowest BCUT2D eigenvalue weighted by atomic mass is 9.90. The summed E-state index contributed by atoms with van der Waals surface area (Å²) in [5.41, 5.74) is 6.70. The second-order valence-corrected chi connectivity index (χ2v) is 5.32. The minimum Gasteiger partial charge on any atom is -0.0651 e. The predicted octanol–water partition coefficient (Wildman–Crippen LogP) is 5.97. The van der Waals surface area contributed by atoms with E-state index in [2.05, 4.69) is 85.8 Å². The molecule has 3 aromatic rings. The van der Waals surface area contributed by atoms with Crippen molar-refractivity contribution in [2.24, 2.45) is 0 Å². The summed E-state index contributed by atoms with van der Waals surface area (Å²) < 4.78 is 0. The summed E-state index contributed by atoms with van der Waals surface area (Å²) in [5, 5.41) is 0. The Hall–Kier alpha value is -2.34. The maximum Gasteiger partial charge on any atom is -0.0103 e. The van der Waals surface area contributed by atoms with Gasteiger partial charge in [0.2, 0.25) is 0 Å². The van der Waals surface area contributed by atoms with Crippen molar-refractivity contribution < 1.29 is 0 Å². The fourth-order valence-electron chi connectivity index (χ4n) is 2.86. The SMILES string of the molecule is CCCc1ccccc1-c1ccccc1-c1ccccc1. The quantitative estimate of drug-likeness (QED) is 0.548. The summed E-state index contributed by atoms with van der Waals surface area (Å²) in [5.74, 6) is 0. The Morgan fingerprint density at radius 3 is 1.86 bits per heavy atom. The summed E-state index contributed by atoms with van der Waals surface area (Å²) in [6, 6.07) is 28.1. The molecule has 0 N–H and O–H groups in total. The molecule has 3 aromatic carbocycles. The summed E-state index contributed by atoms with van der Waals surface area (Å²) in [7, 11) is 0. The van der Waals surface area contributed by atoms with E-state index in [1.807, 2.05) is 0 Å². The molecule has 0 aliphatic heterocycles. The third kappa shape index (κ3) is 2.90. The monoisotopic (exact) mass is 272 g/mol. The van der Waals surface area contributed by atoms with Gasteiger partial charge in [-0.2, -0.15) is 0 Å². The van der Waals surface area contributed by atoms with Gasteiger partial charge in [0.25, 0.3) is 0 Å². The molecule has 0 amide bonds. The van der Waals surface area contributed by atoms with Gasteiger partial charge in [-0.3, -0.25) is 0 Å². The van der Waals surface area contributed by atoms with Crippen LogP contribution in [0.4, 0.5) is 0 Å². The van der Waals surface area contributed by atoms with E-state index in [1.165, 1.54) is 34.2 Å². The Balaban J connectivity index is 2.16. The molecule has 0 radical (unpaired) electrons. The van der Waals surface area contributed by atoms with Crippen molar-refractivity contribution in [3.05, 3.63) is 84.4 Å². The Morgan fingerprint density at radius 2 is 1.14 bits per heavy atom. The number of rotatable bonds is 4. The molecule has 0 atom stereocenters. The van der Waals surface area contributed by atoms with Crippen LogP contribution in [0.3, 0.4) is 0 Å². The molecule has 0 aliphatic rings. The van der Waals surface area contributed by atoms with E-state index in [-0.39, 0.29) is 0 Å². The molecule has 0 bridgehead atoms. The standard InChI is InChI=1S/C21H20/c1-2-10-17-13-6-7-14-19(17)21-16-9-8-15-20(21)18-11-4-3-5-12-18/h3-9,11-16H,2,10H2,1H3. The zero-order valence-corrected chi connectivity index (χ0v) is 12.4. The molecule has 0 fully saturated rings. The summed E-state index contributed by atoms with van der Waals surface area (Å²) >= 11 is 0. The van der Waals surface area contributed by atoms with Crippen LogP contribution in [0.15, 0.2) is 78.9 Å². The number of hydrogen-bond acceptors (Lipinski definition) is 0. The van der Waals surface area contributed by atoms with Crippen LogP contribution in [0, 0.1) is 0 Å². The third-order valence-corrected chi connectivity index (χ3v) is 3.84. The highest BCUT2D eigenvalue weighted by Gasteiger charge is 2.09. The van der Waals surface area contributed by atoms with Crippen molar-refractivity contribution in [1.29, 1.82) is 0 Å². The highest BCUT2D eigenvalue weighted by Crippen LogP contribution is 2.34. The van der Waals surface area contributed by atoms with E-state index in [1.54, 1.807) is 0 Å². The average Bonchev–Trinajstić information content (AvgIpc) is 2.57. The normalized spacial score (nSPS) is 10.5. The van der Waals surface area contributed by atoms with Crippen molar-refractivity contribution >= 4 is 0 Å². The summed E-state index contributed by atoms with van der Waals surface area (Å²) in [6.45, 7) is 2.24. The molecule has 0 heteroatoms. The fraction of sp³-hybridized carbons (Fsp3) is 0.143. The van der Waals surface area contributed by atoms with Crippen LogP contribution in [0.5, 0.6) is 0 Å². The van der Waals surface area contributed by atoms with Crippen molar-refractivity contribution in [3.8, 4) is 22.3 Å².